The van der Waals surface area contributed by atoms with Crippen LogP contribution in [0.25, 0.3) is 11.3 Å². The van der Waals surface area contributed by atoms with Crippen LogP contribution in [0.5, 0.6) is 0 Å². The number of fused-ring (bicyclic) bond motifs is 1. The molecule has 32 heavy (non-hydrogen) atoms. The van der Waals surface area contributed by atoms with E-state index in [0.717, 1.165) is 54.1 Å². The molecule has 0 bridgehead atoms. The molecule has 166 valence electrons. The summed E-state index contributed by atoms with van der Waals surface area (Å²) in [4.78, 5) is 10.2. The maximum atomic E-state index is 6.56. The zero-order valence-electron chi connectivity index (χ0n) is 18.4. The molecule has 0 radical (unpaired) electrons. The Morgan fingerprint density at radius 2 is 1.88 bits per heavy atom. The second-order valence-corrected chi connectivity index (χ2v) is 9.37. The number of aryl methyl sites for hydroxylation is 1. The van der Waals surface area contributed by atoms with E-state index >= 15 is 0 Å². The highest BCUT2D eigenvalue weighted by Crippen LogP contribution is 2.45. The average Bonchev–Trinajstić information content (AvgIpc) is 3.58. The Morgan fingerprint density at radius 1 is 1.06 bits per heavy atom. The second-order valence-electron chi connectivity index (χ2n) is 8.52. The highest BCUT2D eigenvalue weighted by Gasteiger charge is 2.35. The van der Waals surface area contributed by atoms with Gasteiger partial charge in [-0.1, -0.05) is 54.4 Å². The van der Waals surface area contributed by atoms with Crippen LogP contribution in [-0.4, -0.2) is 22.7 Å². The fourth-order valence-corrected chi connectivity index (χ4v) is 5.11. The van der Waals surface area contributed by atoms with Crippen LogP contribution >= 0.6 is 23.2 Å². The summed E-state index contributed by atoms with van der Waals surface area (Å²) in [7, 11) is 0. The van der Waals surface area contributed by atoms with Gasteiger partial charge < -0.3 is 10.1 Å². The number of benzene rings is 2. The third-order valence-corrected chi connectivity index (χ3v) is 6.88. The van der Waals surface area contributed by atoms with E-state index in [-0.39, 0.29) is 12.1 Å². The minimum atomic E-state index is 0.0581. The van der Waals surface area contributed by atoms with E-state index < -0.39 is 0 Å². The van der Waals surface area contributed by atoms with Crippen molar-refractivity contribution >= 4 is 29.0 Å². The van der Waals surface area contributed by atoms with E-state index in [9.17, 15) is 0 Å². The molecule has 4 nitrogen and oxygen atoms in total. The van der Waals surface area contributed by atoms with E-state index in [0.29, 0.717) is 22.6 Å². The molecule has 2 atom stereocenters. The highest BCUT2D eigenvalue weighted by atomic mass is 35.5. The first-order chi connectivity index (χ1) is 15.6. The van der Waals surface area contributed by atoms with Gasteiger partial charge in [-0.3, -0.25) is 0 Å². The molecule has 5 rings (SSSR count). The van der Waals surface area contributed by atoms with E-state index in [2.05, 4.69) is 36.5 Å². The third-order valence-electron chi connectivity index (χ3n) is 6.34. The summed E-state index contributed by atoms with van der Waals surface area (Å²) in [5.41, 5.74) is 6.35. The molecule has 1 aromatic heterocycles. The van der Waals surface area contributed by atoms with Crippen molar-refractivity contribution < 1.29 is 4.74 Å². The Hall–Kier alpha value is -2.14. The number of halogens is 2. The Balaban J connectivity index is 1.57. The lowest BCUT2D eigenvalue weighted by atomic mass is 10.1. The van der Waals surface area contributed by atoms with Gasteiger partial charge in [-0.25, -0.2) is 9.97 Å². The molecule has 1 fully saturated rings. The lowest BCUT2D eigenvalue weighted by Crippen LogP contribution is -2.26. The number of rotatable bonds is 7. The predicted molar refractivity (Wildman–Crippen MR) is 131 cm³/mol. The van der Waals surface area contributed by atoms with Crippen LogP contribution in [0.2, 0.25) is 10.0 Å². The first-order valence-electron chi connectivity index (χ1n) is 11.4. The maximum absolute atomic E-state index is 6.56. The van der Waals surface area contributed by atoms with Crippen LogP contribution in [0.1, 0.15) is 61.2 Å². The van der Waals surface area contributed by atoms with Gasteiger partial charge in [-0.05, 0) is 55.5 Å². The smallest absolute Gasteiger partial charge is 0.148 e. The molecule has 0 amide bonds. The fourth-order valence-electron chi connectivity index (χ4n) is 4.61. The van der Waals surface area contributed by atoms with Crippen LogP contribution in [0.3, 0.4) is 0 Å². The van der Waals surface area contributed by atoms with Gasteiger partial charge in [0.2, 0.25) is 0 Å². The molecule has 2 aliphatic carbocycles. The minimum absolute atomic E-state index is 0.0581. The van der Waals surface area contributed by atoms with Gasteiger partial charge in [0.15, 0.2) is 0 Å². The summed E-state index contributed by atoms with van der Waals surface area (Å²) in [5.74, 6) is 1.28. The summed E-state index contributed by atoms with van der Waals surface area (Å²) < 4.78 is 6.11. The van der Waals surface area contributed by atoms with Crippen molar-refractivity contribution in [1.82, 2.24) is 9.97 Å². The summed E-state index contributed by atoms with van der Waals surface area (Å²) >= 11 is 12.7. The Labute approximate surface area is 199 Å². The summed E-state index contributed by atoms with van der Waals surface area (Å²) in [6, 6.07) is 14.2. The normalized spacial score (nSPS) is 19.8. The van der Waals surface area contributed by atoms with Crippen LogP contribution in [-0.2, 0) is 17.6 Å². The molecule has 2 aromatic carbocycles. The minimum Gasteiger partial charge on any atom is -0.376 e. The quantitative estimate of drug-likeness (QED) is 0.405. The van der Waals surface area contributed by atoms with Gasteiger partial charge in [0, 0.05) is 29.5 Å². The Kier molecular flexibility index (Phi) is 6.11. The molecule has 0 spiro atoms. The number of anilines is 1. The van der Waals surface area contributed by atoms with Crippen molar-refractivity contribution in [2.45, 2.75) is 57.6 Å². The fraction of sp³-hybridized carbons (Fsp3) is 0.385. The van der Waals surface area contributed by atoms with Crippen LogP contribution in [0.15, 0.2) is 42.5 Å². The summed E-state index contributed by atoms with van der Waals surface area (Å²) in [6.45, 7) is 4.85. The van der Waals surface area contributed by atoms with Crippen LogP contribution < -0.4 is 5.32 Å². The Morgan fingerprint density at radius 3 is 2.59 bits per heavy atom. The number of ether oxygens (including phenoxy) is 1. The highest BCUT2D eigenvalue weighted by molar-refractivity contribution is 6.36. The molecule has 2 aliphatic rings. The molecular weight excluding hydrogens is 441 g/mol. The number of aromatic nitrogens is 2. The monoisotopic (exact) mass is 467 g/mol. The van der Waals surface area contributed by atoms with Crippen molar-refractivity contribution in [3.8, 4) is 11.3 Å². The molecule has 0 aliphatic heterocycles. The van der Waals surface area contributed by atoms with E-state index in [4.69, 9.17) is 37.9 Å². The summed E-state index contributed by atoms with van der Waals surface area (Å²) in [6.07, 6.45) is 4.02. The standard InChI is InChI=1S/C26H27Cl2N3O/c1-3-21-26(31-24-18-8-6-5-7-16(18)13-22(24)32-4-2)30-23(15-9-10-15)25(29-21)19-12-11-17(27)14-20(19)28/h5-8,11-12,14-15,22,24H,3-4,9-10,13H2,1-2H3,(H,30,31)/t22-,24?/m0/s1. The summed E-state index contributed by atoms with van der Waals surface area (Å²) in [5, 5.41) is 4.95. The first kappa shape index (κ1) is 21.7. The zero-order valence-corrected chi connectivity index (χ0v) is 19.9. The van der Waals surface area contributed by atoms with Gasteiger partial charge in [-0.2, -0.15) is 0 Å². The molecular formula is C26H27Cl2N3O. The van der Waals surface area contributed by atoms with E-state index in [1.807, 2.05) is 19.1 Å². The van der Waals surface area contributed by atoms with Crippen molar-refractivity contribution in [2.24, 2.45) is 0 Å². The average molecular weight is 468 g/mol. The van der Waals surface area contributed by atoms with E-state index in [1.165, 1.54) is 11.1 Å². The lowest BCUT2D eigenvalue weighted by molar-refractivity contribution is 0.0573. The molecule has 0 saturated heterocycles. The van der Waals surface area contributed by atoms with Gasteiger partial charge in [-0.15, -0.1) is 0 Å². The van der Waals surface area contributed by atoms with Crippen molar-refractivity contribution in [3.63, 3.8) is 0 Å². The predicted octanol–water partition coefficient (Wildman–Crippen LogP) is 7.00. The van der Waals surface area contributed by atoms with Crippen LogP contribution in [0, 0.1) is 0 Å². The van der Waals surface area contributed by atoms with Gasteiger partial charge in [0.1, 0.15) is 5.82 Å². The molecule has 3 aromatic rings. The molecule has 6 heteroatoms. The number of hydrogen-bond donors (Lipinski definition) is 1. The Bertz CT molecular complexity index is 1150. The first-order valence-corrected chi connectivity index (χ1v) is 12.2. The second kappa shape index (κ2) is 9.01. The molecule has 1 saturated carbocycles. The third kappa shape index (κ3) is 4.12. The van der Waals surface area contributed by atoms with Gasteiger partial charge >= 0.3 is 0 Å². The largest absolute Gasteiger partial charge is 0.376 e. The zero-order chi connectivity index (χ0) is 22.2. The van der Waals surface area contributed by atoms with Crippen molar-refractivity contribution in [2.75, 3.05) is 11.9 Å². The number of nitrogens with zero attached hydrogens (tertiary/aromatic N) is 2. The molecule has 1 unspecified atom stereocenters. The SMILES string of the molecule is CCO[C@H]1Cc2ccccc2C1Nc1nc(C2CC2)c(-c2ccc(Cl)cc2Cl)nc1CC. The number of nitrogens with one attached hydrogen (secondary N) is 1. The van der Waals surface area contributed by atoms with Crippen molar-refractivity contribution in [1.29, 1.82) is 0 Å². The van der Waals surface area contributed by atoms with E-state index in [1.54, 1.807) is 6.07 Å². The lowest BCUT2D eigenvalue weighted by Gasteiger charge is -2.24. The van der Waals surface area contributed by atoms with Gasteiger partial charge in [0.05, 0.1) is 34.3 Å². The molecule has 1 N–H and O–H groups in total. The number of hydrogen-bond acceptors (Lipinski definition) is 4. The molecule has 1 heterocycles. The maximum Gasteiger partial charge on any atom is 0.148 e. The van der Waals surface area contributed by atoms with Gasteiger partial charge in [0.25, 0.3) is 0 Å². The van der Waals surface area contributed by atoms with Crippen LogP contribution in [0.4, 0.5) is 5.82 Å². The topological polar surface area (TPSA) is 47.0 Å². The van der Waals surface area contributed by atoms with Crippen molar-refractivity contribution in [3.05, 3.63) is 75.0 Å².